The number of hydrogen-bond donors (Lipinski definition) is 2. The van der Waals surface area contributed by atoms with Crippen LogP contribution in [-0.2, 0) is 6.54 Å². The van der Waals surface area contributed by atoms with Crippen molar-refractivity contribution < 1.29 is 14.5 Å². The number of benzene rings is 2. The summed E-state index contributed by atoms with van der Waals surface area (Å²) in [4.78, 5) is 27.3. The van der Waals surface area contributed by atoms with Gasteiger partial charge in [0.25, 0.3) is 11.6 Å². The lowest BCUT2D eigenvalue weighted by Gasteiger charge is -2.09. The molecule has 0 aliphatic heterocycles. The number of fused-ring (bicyclic) bond motifs is 1. The number of aromatic amines is 1. The smallest absolute Gasteiger partial charge is 0.272 e. The lowest BCUT2D eigenvalue weighted by Crippen LogP contribution is -2.23. The first-order valence-electron chi connectivity index (χ1n) is 9.51. The van der Waals surface area contributed by atoms with E-state index in [0.29, 0.717) is 16.8 Å². The standard InChI is InChI=1S/C22H19N5O4/c1-13-3-4-14(2)19(9-13)31-20-8-5-15(11-23-20)12-24-22(28)21-17-10-16(27(29)30)6-7-18(17)25-26-21/h3-11H,12H2,1-2H3,(H,24,28)(H,25,26). The van der Waals surface area contributed by atoms with Gasteiger partial charge in [-0.3, -0.25) is 20.0 Å². The van der Waals surface area contributed by atoms with Crippen LogP contribution in [0.15, 0.2) is 54.7 Å². The van der Waals surface area contributed by atoms with E-state index in [1.807, 2.05) is 32.0 Å². The number of non-ortho nitro benzene ring substituents is 1. The zero-order valence-electron chi connectivity index (χ0n) is 16.9. The van der Waals surface area contributed by atoms with Gasteiger partial charge in [-0.05, 0) is 42.7 Å². The van der Waals surface area contributed by atoms with Gasteiger partial charge >= 0.3 is 0 Å². The minimum Gasteiger partial charge on any atom is -0.439 e. The number of rotatable bonds is 6. The second kappa shape index (κ2) is 8.23. The van der Waals surface area contributed by atoms with Crippen molar-refractivity contribution in [1.82, 2.24) is 20.5 Å². The minimum absolute atomic E-state index is 0.0986. The highest BCUT2D eigenvalue weighted by Gasteiger charge is 2.17. The first-order chi connectivity index (χ1) is 14.9. The third-order valence-corrected chi connectivity index (χ3v) is 4.78. The van der Waals surface area contributed by atoms with Crippen LogP contribution in [0.4, 0.5) is 5.69 Å². The van der Waals surface area contributed by atoms with E-state index < -0.39 is 10.8 Å². The van der Waals surface area contributed by atoms with Gasteiger partial charge in [0.1, 0.15) is 5.75 Å². The number of carbonyl (C=O) groups excluding carboxylic acids is 1. The molecule has 0 unspecified atom stereocenters. The summed E-state index contributed by atoms with van der Waals surface area (Å²) in [7, 11) is 0. The maximum absolute atomic E-state index is 12.5. The summed E-state index contributed by atoms with van der Waals surface area (Å²) in [5, 5.41) is 20.8. The number of pyridine rings is 1. The predicted molar refractivity (Wildman–Crippen MR) is 114 cm³/mol. The molecule has 0 fully saturated rings. The highest BCUT2D eigenvalue weighted by molar-refractivity contribution is 6.05. The molecule has 0 bridgehead atoms. The zero-order chi connectivity index (χ0) is 22.0. The lowest BCUT2D eigenvalue weighted by molar-refractivity contribution is -0.384. The van der Waals surface area contributed by atoms with Gasteiger partial charge < -0.3 is 10.1 Å². The summed E-state index contributed by atoms with van der Waals surface area (Å²) < 4.78 is 5.84. The van der Waals surface area contributed by atoms with Crippen LogP contribution in [0.5, 0.6) is 11.6 Å². The monoisotopic (exact) mass is 417 g/mol. The summed E-state index contributed by atoms with van der Waals surface area (Å²) in [6, 6.07) is 13.7. The number of ether oxygens (including phenoxy) is 1. The van der Waals surface area contributed by atoms with Gasteiger partial charge in [0.15, 0.2) is 5.69 Å². The largest absolute Gasteiger partial charge is 0.439 e. The molecule has 1 amide bonds. The van der Waals surface area contributed by atoms with Crippen molar-refractivity contribution in [3.63, 3.8) is 0 Å². The molecule has 4 aromatic rings. The quantitative estimate of drug-likeness (QED) is 0.358. The van der Waals surface area contributed by atoms with Crippen LogP contribution in [-0.4, -0.2) is 26.0 Å². The topological polar surface area (TPSA) is 123 Å². The Morgan fingerprint density at radius 3 is 2.74 bits per heavy atom. The Kier molecular flexibility index (Phi) is 5.31. The Bertz CT molecular complexity index is 1280. The summed E-state index contributed by atoms with van der Waals surface area (Å²) in [5.74, 6) is 0.755. The summed E-state index contributed by atoms with van der Waals surface area (Å²) in [5.41, 5.74) is 3.41. The maximum Gasteiger partial charge on any atom is 0.272 e. The van der Waals surface area contributed by atoms with Gasteiger partial charge in [0.2, 0.25) is 5.88 Å². The highest BCUT2D eigenvalue weighted by Crippen LogP contribution is 2.25. The molecule has 9 nitrogen and oxygen atoms in total. The fourth-order valence-corrected chi connectivity index (χ4v) is 3.06. The molecule has 2 heterocycles. The van der Waals surface area contributed by atoms with Gasteiger partial charge in [-0.15, -0.1) is 0 Å². The predicted octanol–water partition coefficient (Wildman–Crippen LogP) is 4.21. The molecular formula is C22H19N5O4. The van der Waals surface area contributed by atoms with Crippen molar-refractivity contribution in [3.8, 4) is 11.6 Å². The van der Waals surface area contributed by atoms with Crippen molar-refractivity contribution >= 4 is 22.5 Å². The molecule has 2 aromatic heterocycles. The van der Waals surface area contributed by atoms with E-state index in [9.17, 15) is 14.9 Å². The van der Waals surface area contributed by atoms with E-state index >= 15 is 0 Å². The van der Waals surface area contributed by atoms with Gasteiger partial charge in [0, 0.05) is 36.3 Å². The average Bonchev–Trinajstić information content (AvgIpc) is 3.19. The van der Waals surface area contributed by atoms with Gasteiger partial charge in [0.05, 0.1) is 10.4 Å². The number of aryl methyl sites for hydroxylation is 2. The van der Waals surface area contributed by atoms with E-state index in [-0.39, 0.29) is 17.9 Å². The number of carbonyl (C=O) groups is 1. The summed E-state index contributed by atoms with van der Waals surface area (Å²) in [6.07, 6.45) is 1.62. The first-order valence-corrected chi connectivity index (χ1v) is 9.51. The second-order valence-electron chi connectivity index (χ2n) is 7.12. The molecule has 0 saturated carbocycles. The van der Waals surface area contributed by atoms with Crippen LogP contribution in [0.1, 0.15) is 27.2 Å². The molecule has 31 heavy (non-hydrogen) atoms. The molecule has 2 N–H and O–H groups in total. The number of nitrogens with zero attached hydrogens (tertiary/aromatic N) is 3. The summed E-state index contributed by atoms with van der Waals surface area (Å²) >= 11 is 0. The first kappa shape index (κ1) is 20.0. The maximum atomic E-state index is 12.5. The Morgan fingerprint density at radius 2 is 2.00 bits per heavy atom. The molecule has 0 spiro atoms. The number of hydrogen-bond acceptors (Lipinski definition) is 6. The van der Waals surface area contributed by atoms with Gasteiger partial charge in [-0.25, -0.2) is 4.98 Å². The van der Waals surface area contributed by atoms with E-state index in [2.05, 4.69) is 20.5 Å². The molecule has 0 aliphatic rings. The Balaban J connectivity index is 1.43. The Morgan fingerprint density at radius 1 is 1.16 bits per heavy atom. The minimum atomic E-state index is -0.512. The van der Waals surface area contributed by atoms with Crippen LogP contribution in [0, 0.1) is 24.0 Å². The molecular weight excluding hydrogens is 398 g/mol. The van der Waals surface area contributed by atoms with E-state index in [1.54, 1.807) is 18.3 Å². The number of amides is 1. The van der Waals surface area contributed by atoms with E-state index in [4.69, 9.17) is 4.74 Å². The lowest BCUT2D eigenvalue weighted by atomic mass is 10.1. The fraction of sp³-hybridized carbons (Fsp3) is 0.136. The van der Waals surface area contributed by atoms with Crippen molar-refractivity contribution in [1.29, 1.82) is 0 Å². The van der Waals surface area contributed by atoms with E-state index in [1.165, 1.54) is 18.2 Å². The van der Waals surface area contributed by atoms with Crippen molar-refractivity contribution in [2.45, 2.75) is 20.4 Å². The fourth-order valence-electron chi connectivity index (χ4n) is 3.06. The van der Waals surface area contributed by atoms with Crippen LogP contribution in [0.2, 0.25) is 0 Å². The molecule has 0 aliphatic carbocycles. The third-order valence-electron chi connectivity index (χ3n) is 4.78. The molecule has 2 aromatic carbocycles. The molecule has 156 valence electrons. The third kappa shape index (κ3) is 4.35. The molecule has 0 atom stereocenters. The van der Waals surface area contributed by atoms with E-state index in [0.717, 1.165) is 22.4 Å². The zero-order valence-corrected chi connectivity index (χ0v) is 16.9. The van der Waals surface area contributed by atoms with Crippen molar-refractivity contribution in [3.05, 3.63) is 87.2 Å². The number of nitro benzene ring substituents is 1. The SMILES string of the molecule is Cc1ccc(C)c(Oc2ccc(CNC(=O)c3n[nH]c4ccc([N+](=O)[O-])cc34)cn2)c1. The Labute approximate surface area is 177 Å². The van der Waals surface area contributed by atoms with Crippen LogP contribution >= 0.6 is 0 Å². The molecule has 0 radical (unpaired) electrons. The van der Waals surface area contributed by atoms with Gasteiger partial charge in [-0.2, -0.15) is 5.10 Å². The highest BCUT2D eigenvalue weighted by atomic mass is 16.6. The second-order valence-corrected chi connectivity index (χ2v) is 7.12. The normalized spacial score (nSPS) is 10.8. The van der Waals surface area contributed by atoms with Crippen molar-refractivity contribution in [2.24, 2.45) is 0 Å². The number of H-pyrrole nitrogens is 1. The molecule has 9 heteroatoms. The van der Waals surface area contributed by atoms with Crippen LogP contribution in [0.25, 0.3) is 10.9 Å². The van der Waals surface area contributed by atoms with Crippen LogP contribution < -0.4 is 10.1 Å². The average molecular weight is 417 g/mol. The van der Waals surface area contributed by atoms with Crippen LogP contribution in [0.3, 0.4) is 0 Å². The Hall–Kier alpha value is -4.27. The van der Waals surface area contributed by atoms with Gasteiger partial charge in [-0.1, -0.05) is 18.2 Å². The van der Waals surface area contributed by atoms with Crippen molar-refractivity contribution in [2.75, 3.05) is 0 Å². The molecule has 0 saturated heterocycles. The number of nitro groups is 1. The summed E-state index contributed by atoms with van der Waals surface area (Å²) in [6.45, 7) is 4.18. The number of nitrogens with one attached hydrogen (secondary N) is 2. The number of aromatic nitrogens is 3. The molecule has 4 rings (SSSR count).